The third kappa shape index (κ3) is 9.38. The molecule has 0 radical (unpaired) electrons. The van der Waals surface area contributed by atoms with Crippen molar-refractivity contribution in [2.45, 2.75) is 0 Å². The lowest BCUT2D eigenvalue weighted by Gasteiger charge is -2.14. The first-order valence-corrected chi connectivity index (χ1v) is 25.6. The molecule has 0 spiro atoms. The molecule has 5 heterocycles. The van der Waals surface area contributed by atoms with Gasteiger partial charge in [0.25, 0.3) is 0 Å². The van der Waals surface area contributed by atoms with Gasteiger partial charge in [-0.3, -0.25) is 0 Å². The highest BCUT2D eigenvalue weighted by Crippen LogP contribution is 2.42. The maximum absolute atomic E-state index is 11.7. The van der Waals surface area contributed by atoms with Crippen LogP contribution in [0.2, 0.25) is 0 Å². The third-order valence-electron chi connectivity index (χ3n) is 13.8. The van der Waals surface area contributed by atoms with Gasteiger partial charge in [-0.2, -0.15) is 0 Å². The molecule has 392 valence electrons. The molecule has 17 heteroatoms. The molecule has 17 nitrogen and oxygen atoms in total. The number of carboxylic acids is 1. The molecule has 2 aliphatic heterocycles. The number of anilines is 3. The van der Waals surface area contributed by atoms with E-state index in [9.17, 15) is 9.90 Å². The number of aromatic carboxylic acids is 1. The molecule has 3 N–H and O–H groups in total. The van der Waals surface area contributed by atoms with Gasteiger partial charge in [-0.1, -0.05) is 18.2 Å². The molecule has 0 atom stereocenters. The molecule has 8 bridgehead atoms. The lowest BCUT2D eigenvalue weighted by Crippen LogP contribution is -2.08. The topological polar surface area (TPSA) is 193 Å². The molecule has 0 unspecified atom stereocenters. The predicted octanol–water partition coefficient (Wildman–Crippen LogP) is 13.9. The van der Waals surface area contributed by atoms with Crippen molar-refractivity contribution in [3.8, 4) is 91.5 Å². The summed E-state index contributed by atoms with van der Waals surface area (Å²) in [5.41, 5.74) is 7.79. The van der Waals surface area contributed by atoms with Gasteiger partial charge >= 0.3 is 5.97 Å². The van der Waals surface area contributed by atoms with E-state index in [2.05, 4.69) is 9.97 Å². The Morgan fingerprint density at radius 2 is 0.675 bits per heavy atom. The summed E-state index contributed by atoms with van der Waals surface area (Å²) in [4.78, 5) is 56.3. The van der Waals surface area contributed by atoms with Crippen LogP contribution in [0.1, 0.15) is 10.4 Å². The van der Waals surface area contributed by atoms with Gasteiger partial charge in [0.1, 0.15) is 68.6 Å². The van der Waals surface area contributed by atoms with Gasteiger partial charge in [-0.25, -0.2) is 34.7 Å². The molecule has 0 saturated carbocycles. The van der Waals surface area contributed by atoms with Gasteiger partial charge in [0.15, 0.2) is 23.3 Å². The fourth-order valence-corrected chi connectivity index (χ4v) is 9.65. The fraction of sp³-hybridized carbons (Fsp3) is 0.0952. The van der Waals surface area contributed by atoms with Gasteiger partial charge in [0.05, 0.1) is 5.56 Å². The van der Waals surface area contributed by atoms with E-state index < -0.39 is 5.97 Å². The number of hydrogen-bond acceptors (Lipinski definition) is 14. The zero-order valence-corrected chi connectivity index (χ0v) is 44.2. The van der Waals surface area contributed by atoms with E-state index in [0.29, 0.717) is 119 Å². The summed E-state index contributed by atoms with van der Waals surface area (Å²) in [7, 11) is 11.9. The van der Waals surface area contributed by atoms with E-state index in [4.69, 9.17) is 48.9 Å². The van der Waals surface area contributed by atoms with Crippen LogP contribution >= 0.6 is 0 Å². The first-order chi connectivity index (χ1) is 38.8. The molecule has 0 fully saturated rings. The van der Waals surface area contributed by atoms with Crippen LogP contribution in [0.5, 0.6) is 46.0 Å². The Morgan fingerprint density at radius 1 is 0.350 bits per heavy atom. The average Bonchev–Trinajstić information content (AvgIpc) is 4.31. The number of aromatic nitrogens is 8. The van der Waals surface area contributed by atoms with Crippen LogP contribution in [0.25, 0.3) is 89.7 Å². The highest BCUT2D eigenvalue weighted by atomic mass is 16.5. The van der Waals surface area contributed by atoms with Crippen molar-refractivity contribution < 1.29 is 28.8 Å². The maximum atomic E-state index is 11.7. The number of fused-ring (bicyclic) bond motifs is 20. The number of ether oxygens (including phenoxy) is 4. The molecule has 0 saturated heterocycles. The van der Waals surface area contributed by atoms with Crippen LogP contribution in [0.4, 0.5) is 17.1 Å². The van der Waals surface area contributed by atoms with Gasteiger partial charge in [0.2, 0.25) is 0 Å². The molecule has 11 aromatic rings. The average molecular weight is 1060 g/mol. The van der Waals surface area contributed by atoms with E-state index >= 15 is 0 Å². The molecule has 2 aliphatic rings. The number of H-pyrrole nitrogens is 2. The molecule has 0 amide bonds. The normalized spacial score (nSPS) is 11.5. The number of rotatable bonds is 12. The quantitative estimate of drug-likeness (QED) is 0.105. The number of nitrogens with zero attached hydrogens (tertiary/aromatic N) is 9. The minimum atomic E-state index is -1.03. The van der Waals surface area contributed by atoms with Crippen molar-refractivity contribution in [3.63, 3.8) is 0 Å². The molecule has 13 rings (SSSR count). The van der Waals surface area contributed by atoms with E-state index in [1.165, 1.54) is 12.1 Å². The minimum Gasteiger partial charge on any atom is -0.478 e. The molecule has 80 heavy (non-hydrogen) atoms. The Bertz CT molecular complexity index is 4480. The van der Waals surface area contributed by atoms with Gasteiger partial charge in [0, 0.05) is 121 Å². The Balaban J connectivity index is 1.05. The highest BCUT2D eigenvalue weighted by Gasteiger charge is 2.25. The summed E-state index contributed by atoms with van der Waals surface area (Å²) < 4.78 is 25.9. The van der Waals surface area contributed by atoms with Crippen LogP contribution in [-0.2, 0) is 0 Å². The molecular weight excluding hydrogens is 1010 g/mol. The van der Waals surface area contributed by atoms with E-state index in [1.807, 2.05) is 203 Å². The van der Waals surface area contributed by atoms with Crippen molar-refractivity contribution in [1.29, 1.82) is 0 Å². The monoisotopic (exact) mass is 1060 g/mol. The number of nitrogens with one attached hydrogen (secondary N) is 2. The Morgan fingerprint density at radius 3 is 1.06 bits per heavy atom. The highest BCUT2D eigenvalue weighted by molar-refractivity contribution is 6.07. The van der Waals surface area contributed by atoms with E-state index in [0.717, 1.165) is 33.4 Å². The van der Waals surface area contributed by atoms with Crippen molar-refractivity contribution >= 4 is 67.2 Å². The van der Waals surface area contributed by atoms with E-state index in [1.54, 1.807) is 12.1 Å². The smallest absolute Gasteiger partial charge is 0.335 e. The number of aromatic amines is 2. The van der Waals surface area contributed by atoms with Crippen molar-refractivity contribution in [1.82, 2.24) is 39.9 Å². The maximum Gasteiger partial charge on any atom is 0.335 e. The second kappa shape index (κ2) is 19.6. The van der Waals surface area contributed by atoms with Gasteiger partial charge < -0.3 is 48.7 Å². The second-order valence-electron chi connectivity index (χ2n) is 19.9. The number of benzene rings is 8. The number of carboxylic acid groups (broad SMARTS) is 1. The van der Waals surface area contributed by atoms with Crippen LogP contribution in [-0.4, -0.2) is 93.2 Å². The third-order valence-corrected chi connectivity index (χ3v) is 13.8. The van der Waals surface area contributed by atoms with Gasteiger partial charge in [-0.15, -0.1) is 0 Å². The molecular formula is C63H49N11O6. The lowest BCUT2D eigenvalue weighted by atomic mass is 10.1. The Hall–Kier alpha value is -10.8. The standard InChI is InChI=1S/C63H49N11O6/c1-72(2)36-10-7-13-40(28-36)78-44-21-25-48-52(32-44)59-65-55(48)64-56-47-24-20-43(77-39-18-16-35(17-19-39)63(75)76)31-51(47)61(66-56)71-62-54-34-46(80-42-15-9-12-38(30-42)74(5)6)23-27-50(54)58(70-62)69-60-53-33-45(22-26-49(53)57(67-59)68-60)79-41-14-8-11-37(29-41)73(3)4/h7-34H,1-6H3,(H,75,76)(H2,64,65,66,67,68,69,70,71). The summed E-state index contributed by atoms with van der Waals surface area (Å²) in [6.07, 6.45) is 0. The first kappa shape index (κ1) is 48.8. The lowest BCUT2D eigenvalue weighted by molar-refractivity contribution is 0.0696. The molecule has 3 aromatic heterocycles. The summed E-state index contributed by atoms with van der Waals surface area (Å²) >= 11 is 0. The Kier molecular flexibility index (Phi) is 12.0. The van der Waals surface area contributed by atoms with Gasteiger partial charge in [-0.05, 0) is 133 Å². The summed E-state index contributed by atoms with van der Waals surface area (Å²) in [6.45, 7) is 0. The first-order valence-electron chi connectivity index (χ1n) is 25.6. The van der Waals surface area contributed by atoms with Crippen LogP contribution < -0.4 is 33.6 Å². The van der Waals surface area contributed by atoms with Crippen molar-refractivity contribution in [2.24, 2.45) is 0 Å². The van der Waals surface area contributed by atoms with Crippen molar-refractivity contribution in [2.75, 3.05) is 57.0 Å². The summed E-state index contributed by atoms with van der Waals surface area (Å²) in [5, 5.41) is 12.4. The second-order valence-corrected chi connectivity index (χ2v) is 19.9. The summed E-state index contributed by atoms with van der Waals surface area (Å²) in [6, 6.07) is 52.8. The van der Waals surface area contributed by atoms with Crippen LogP contribution in [0.3, 0.4) is 0 Å². The SMILES string of the molecule is CN(C)c1cccc(Oc2ccc3c(c2)-c2nc-3nc3[nH]c(nc4nc(nc5[nH]c(n2)c2ccc(Oc6cccc(N(C)C)c6)cc52)-c2ccc(Oc5cccc(N(C)C)c5)cc2-4)c2cc(Oc4ccc(C(=O)O)cc4)ccc32)c1. The van der Waals surface area contributed by atoms with Crippen LogP contribution in [0, 0.1) is 0 Å². The largest absolute Gasteiger partial charge is 0.478 e. The fourth-order valence-electron chi connectivity index (χ4n) is 9.65. The van der Waals surface area contributed by atoms with Crippen LogP contribution in [0.15, 0.2) is 170 Å². The summed E-state index contributed by atoms with van der Waals surface area (Å²) in [5.74, 6) is 5.17. The predicted molar refractivity (Wildman–Crippen MR) is 312 cm³/mol. The number of hydrogen-bond donors (Lipinski definition) is 3. The zero-order valence-electron chi connectivity index (χ0n) is 44.2. The number of carbonyl (C=O) groups is 1. The zero-order chi connectivity index (χ0) is 54.8. The molecule has 0 aliphatic carbocycles. The van der Waals surface area contributed by atoms with Crippen molar-refractivity contribution in [3.05, 3.63) is 175 Å². The minimum absolute atomic E-state index is 0.144. The Labute approximate surface area is 458 Å². The van der Waals surface area contributed by atoms with E-state index in [-0.39, 0.29) is 5.56 Å². The molecule has 8 aromatic carbocycles.